The minimum absolute atomic E-state index is 0.0829. The van der Waals surface area contributed by atoms with Crippen LogP contribution in [0.5, 0.6) is 0 Å². The molecule has 0 saturated heterocycles. The molecule has 9 heteroatoms. The van der Waals surface area contributed by atoms with E-state index >= 15 is 0 Å². The Morgan fingerprint density at radius 2 is 1.71 bits per heavy atom. The van der Waals surface area contributed by atoms with Gasteiger partial charge in [-0.05, 0) is 28.7 Å². The first-order valence-electron chi connectivity index (χ1n) is 11.1. The first kappa shape index (κ1) is 23.0. The summed E-state index contributed by atoms with van der Waals surface area (Å²) in [5.74, 6) is -1.54. The Hall–Kier alpha value is -4.14. The highest BCUT2D eigenvalue weighted by molar-refractivity contribution is 5.97. The Balaban J connectivity index is 1.41. The Morgan fingerprint density at radius 1 is 1.09 bits per heavy atom. The fourth-order valence-electron chi connectivity index (χ4n) is 4.24. The third-order valence-electron chi connectivity index (χ3n) is 5.88. The number of alkyl carbamates (subject to hydrolysis) is 1. The number of aromatic nitrogens is 2. The second kappa shape index (κ2) is 9.78. The lowest BCUT2D eigenvalue weighted by atomic mass is 9.98. The first-order valence-corrected chi connectivity index (χ1v) is 11.1. The number of rotatable bonds is 8. The Kier molecular flexibility index (Phi) is 6.62. The zero-order valence-corrected chi connectivity index (χ0v) is 18.9. The monoisotopic (exact) mass is 462 g/mol. The Bertz CT molecular complexity index is 1190. The SMILES string of the molecule is CCC[C@@H](NC(=O)OCC1c2ccccc2-c2ccccc21)C(=O)Nc1cc(C(=O)O)nn1C. The van der Waals surface area contributed by atoms with Crippen LogP contribution in [0, 0.1) is 0 Å². The van der Waals surface area contributed by atoms with Crippen LogP contribution >= 0.6 is 0 Å². The smallest absolute Gasteiger partial charge is 0.407 e. The average molecular weight is 463 g/mol. The maximum absolute atomic E-state index is 12.8. The predicted molar refractivity (Wildman–Crippen MR) is 126 cm³/mol. The molecule has 1 aliphatic carbocycles. The van der Waals surface area contributed by atoms with Crippen molar-refractivity contribution >= 4 is 23.8 Å². The largest absolute Gasteiger partial charge is 0.476 e. The highest BCUT2D eigenvalue weighted by Gasteiger charge is 2.30. The number of fused-ring (bicyclic) bond motifs is 3. The summed E-state index contributed by atoms with van der Waals surface area (Å²) < 4.78 is 6.81. The molecular weight excluding hydrogens is 436 g/mol. The van der Waals surface area contributed by atoms with E-state index in [0.717, 1.165) is 22.3 Å². The molecule has 0 spiro atoms. The van der Waals surface area contributed by atoms with Gasteiger partial charge < -0.3 is 20.5 Å². The highest BCUT2D eigenvalue weighted by atomic mass is 16.5. The van der Waals surface area contributed by atoms with Crippen molar-refractivity contribution in [2.75, 3.05) is 11.9 Å². The van der Waals surface area contributed by atoms with Gasteiger partial charge in [-0.25, -0.2) is 9.59 Å². The summed E-state index contributed by atoms with van der Waals surface area (Å²) in [6, 6.07) is 16.5. The molecule has 3 aromatic rings. The van der Waals surface area contributed by atoms with Gasteiger partial charge in [0.1, 0.15) is 18.5 Å². The number of carbonyl (C=O) groups excluding carboxylic acids is 2. The standard InChI is InChI=1S/C25H26N4O5/c1-3-8-20(23(30)27-22-13-21(24(31)32)28-29(22)2)26-25(33)34-14-19-17-11-6-4-9-15(17)16-10-5-7-12-18(16)19/h4-7,9-13,19-20H,3,8,14H2,1-2H3,(H,26,33)(H,27,30)(H,31,32)/t20-/m1/s1. The number of aromatic carboxylic acids is 1. The van der Waals surface area contributed by atoms with Crippen molar-refractivity contribution < 1.29 is 24.2 Å². The molecule has 1 aliphatic rings. The van der Waals surface area contributed by atoms with Crippen LogP contribution in [0.15, 0.2) is 54.6 Å². The van der Waals surface area contributed by atoms with Crippen LogP contribution in [0.3, 0.4) is 0 Å². The van der Waals surface area contributed by atoms with Crippen molar-refractivity contribution in [1.82, 2.24) is 15.1 Å². The summed E-state index contributed by atoms with van der Waals surface area (Å²) in [5, 5.41) is 18.2. The zero-order valence-electron chi connectivity index (χ0n) is 18.9. The molecule has 9 nitrogen and oxygen atoms in total. The van der Waals surface area contributed by atoms with Crippen LogP contribution < -0.4 is 10.6 Å². The van der Waals surface area contributed by atoms with Crippen molar-refractivity contribution in [1.29, 1.82) is 0 Å². The van der Waals surface area contributed by atoms with E-state index in [0.29, 0.717) is 12.8 Å². The number of ether oxygens (including phenoxy) is 1. The van der Waals surface area contributed by atoms with Crippen molar-refractivity contribution in [3.05, 3.63) is 71.4 Å². The molecule has 1 heterocycles. The van der Waals surface area contributed by atoms with Crippen LogP contribution in [0.1, 0.15) is 47.3 Å². The summed E-state index contributed by atoms with van der Waals surface area (Å²) in [7, 11) is 1.52. The lowest BCUT2D eigenvalue weighted by Gasteiger charge is -2.19. The molecule has 3 N–H and O–H groups in total. The van der Waals surface area contributed by atoms with Crippen molar-refractivity contribution in [2.45, 2.75) is 31.7 Å². The number of carbonyl (C=O) groups is 3. The van der Waals surface area contributed by atoms with E-state index in [9.17, 15) is 14.4 Å². The minimum atomic E-state index is -1.20. The van der Waals surface area contributed by atoms with Crippen LogP contribution in [0.2, 0.25) is 0 Å². The van der Waals surface area contributed by atoms with E-state index in [1.807, 2.05) is 43.3 Å². The van der Waals surface area contributed by atoms with Gasteiger partial charge in [0.25, 0.3) is 0 Å². The number of hydrogen-bond acceptors (Lipinski definition) is 5. The number of hydrogen-bond donors (Lipinski definition) is 3. The van der Waals surface area contributed by atoms with Gasteiger partial charge in [0, 0.05) is 19.0 Å². The number of nitrogens with zero attached hydrogens (tertiary/aromatic N) is 2. The van der Waals surface area contributed by atoms with Gasteiger partial charge in [0.15, 0.2) is 5.69 Å². The molecule has 0 unspecified atom stereocenters. The summed E-state index contributed by atoms with van der Waals surface area (Å²) in [6.07, 6.45) is 0.347. The number of carboxylic acids is 1. The van der Waals surface area contributed by atoms with E-state index < -0.39 is 24.0 Å². The van der Waals surface area contributed by atoms with Gasteiger partial charge in [0.05, 0.1) is 0 Å². The molecule has 0 aliphatic heterocycles. The van der Waals surface area contributed by atoms with Crippen LogP contribution in [-0.2, 0) is 16.6 Å². The lowest BCUT2D eigenvalue weighted by Crippen LogP contribution is -2.44. The van der Waals surface area contributed by atoms with Gasteiger partial charge in [-0.1, -0.05) is 61.9 Å². The molecule has 0 bridgehead atoms. The second-order valence-corrected chi connectivity index (χ2v) is 8.14. The van der Waals surface area contributed by atoms with E-state index in [2.05, 4.69) is 27.9 Å². The molecule has 1 aromatic heterocycles. The minimum Gasteiger partial charge on any atom is -0.476 e. The molecule has 2 amide bonds. The van der Waals surface area contributed by atoms with E-state index in [4.69, 9.17) is 9.84 Å². The number of nitrogens with one attached hydrogen (secondary N) is 2. The third kappa shape index (κ3) is 4.63. The van der Waals surface area contributed by atoms with E-state index in [-0.39, 0.29) is 24.0 Å². The molecule has 0 radical (unpaired) electrons. The topological polar surface area (TPSA) is 123 Å². The molecule has 176 valence electrons. The van der Waals surface area contributed by atoms with E-state index in [1.54, 1.807) is 0 Å². The average Bonchev–Trinajstić information content (AvgIpc) is 3.35. The highest BCUT2D eigenvalue weighted by Crippen LogP contribution is 2.44. The Morgan fingerprint density at radius 3 is 2.26 bits per heavy atom. The second-order valence-electron chi connectivity index (χ2n) is 8.14. The van der Waals surface area contributed by atoms with Gasteiger partial charge in [0.2, 0.25) is 5.91 Å². The molecule has 0 fully saturated rings. The number of aryl methyl sites for hydroxylation is 1. The van der Waals surface area contributed by atoms with E-state index in [1.165, 1.54) is 17.8 Å². The molecule has 34 heavy (non-hydrogen) atoms. The molecule has 2 aromatic carbocycles. The third-order valence-corrected chi connectivity index (χ3v) is 5.88. The molecule has 0 saturated carbocycles. The summed E-state index contributed by atoms with van der Waals surface area (Å²) in [5.41, 5.74) is 4.28. The molecular formula is C25H26N4O5. The van der Waals surface area contributed by atoms with Crippen LogP contribution in [0.4, 0.5) is 10.6 Å². The number of amides is 2. The molecule has 1 atom stereocenters. The zero-order chi connectivity index (χ0) is 24.2. The quantitative estimate of drug-likeness (QED) is 0.468. The Labute approximate surface area is 196 Å². The van der Waals surface area contributed by atoms with Gasteiger partial charge in [-0.2, -0.15) is 5.10 Å². The van der Waals surface area contributed by atoms with Crippen LogP contribution in [0.25, 0.3) is 11.1 Å². The maximum Gasteiger partial charge on any atom is 0.407 e. The van der Waals surface area contributed by atoms with Crippen molar-refractivity contribution in [3.8, 4) is 11.1 Å². The summed E-state index contributed by atoms with van der Waals surface area (Å²) in [6.45, 7) is 2.04. The fraction of sp³-hybridized carbons (Fsp3) is 0.280. The van der Waals surface area contributed by atoms with Crippen LogP contribution in [-0.4, -0.2) is 45.5 Å². The van der Waals surface area contributed by atoms with Gasteiger partial charge >= 0.3 is 12.1 Å². The summed E-state index contributed by atoms with van der Waals surface area (Å²) in [4.78, 5) is 36.5. The lowest BCUT2D eigenvalue weighted by molar-refractivity contribution is -0.118. The summed E-state index contributed by atoms with van der Waals surface area (Å²) >= 11 is 0. The van der Waals surface area contributed by atoms with Crippen molar-refractivity contribution in [3.63, 3.8) is 0 Å². The molecule has 4 rings (SSSR count). The van der Waals surface area contributed by atoms with Gasteiger partial charge in [-0.3, -0.25) is 9.48 Å². The first-order chi connectivity index (χ1) is 16.4. The fourth-order valence-corrected chi connectivity index (χ4v) is 4.24. The maximum atomic E-state index is 12.8. The van der Waals surface area contributed by atoms with Gasteiger partial charge in [-0.15, -0.1) is 0 Å². The normalized spacial score (nSPS) is 13.0. The van der Waals surface area contributed by atoms with Crippen molar-refractivity contribution in [2.24, 2.45) is 7.05 Å². The number of carboxylic acid groups (broad SMARTS) is 1. The number of anilines is 1. The number of benzene rings is 2. The predicted octanol–water partition coefficient (Wildman–Crippen LogP) is 3.76.